The zero-order valence-corrected chi connectivity index (χ0v) is 13.7. The number of hydrogen-bond acceptors (Lipinski definition) is 4. The SMILES string of the molecule is CC(C)(C)OC(=O)NC(c1ccc(N)cc1)C1CCNCC1. The molecular formula is C17H27N3O2. The van der Waals surface area contributed by atoms with E-state index in [1.807, 2.05) is 45.0 Å². The minimum absolute atomic E-state index is 0.0439. The highest BCUT2D eigenvalue weighted by Crippen LogP contribution is 2.29. The van der Waals surface area contributed by atoms with Crippen LogP contribution in [0.15, 0.2) is 24.3 Å². The van der Waals surface area contributed by atoms with Gasteiger partial charge in [-0.15, -0.1) is 0 Å². The molecule has 1 unspecified atom stereocenters. The molecule has 1 fully saturated rings. The summed E-state index contributed by atoms with van der Waals surface area (Å²) in [5, 5.41) is 6.41. The van der Waals surface area contributed by atoms with Crippen molar-refractivity contribution >= 4 is 11.8 Å². The number of hydrogen-bond donors (Lipinski definition) is 3. The third-order valence-corrected chi connectivity index (χ3v) is 3.82. The standard InChI is InChI=1S/C17H27N3O2/c1-17(2,3)22-16(21)20-15(13-8-10-19-11-9-13)12-4-6-14(18)7-5-12/h4-7,13,15,19H,8-11,18H2,1-3H3,(H,20,21). The molecule has 2 rings (SSSR count). The van der Waals surface area contributed by atoms with Gasteiger partial charge in [0.15, 0.2) is 0 Å². The lowest BCUT2D eigenvalue weighted by molar-refractivity contribution is 0.0477. The van der Waals surface area contributed by atoms with Crippen LogP contribution < -0.4 is 16.4 Å². The van der Waals surface area contributed by atoms with Crippen LogP contribution in [0.1, 0.15) is 45.2 Å². The lowest BCUT2D eigenvalue weighted by atomic mass is 9.86. The molecule has 5 heteroatoms. The molecule has 0 radical (unpaired) electrons. The van der Waals surface area contributed by atoms with Gasteiger partial charge in [-0.3, -0.25) is 0 Å². The smallest absolute Gasteiger partial charge is 0.408 e. The van der Waals surface area contributed by atoms with Crippen molar-refractivity contribution in [1.29, 1.82) is 0 Å². The second-order valence-corrected chi connectivity index (χ2v) is 6.88. The molecule has 1 heterocycles. The molecular weight excluding hydrogens is 278 g/mol. The predicted molar refractivity (Wildman–Crippen MR) is 88.6 cm³/mol. The van der Waals surface area contributed by atoms with Gasteiger partial charge in [-0.25, -0.2) is 4.79 Å². The van der Waals surface area contributed by atoms with Crippen LogP contribution in [0, 0.1) is 5.92 Å². The van der Waals surface area contributed by atoms with Gasteiger partial charge in [-0.2, -0.15) is 0 Å². The second-order valence-electron chi connectivity index (χ2n) is 6.88. The van der Waals surface area contributed by atoms with Crippen molar-refractivity contribution in [2.24, 2.45) is 5.92 Å². The molecule has 0 saturated carbocycles. The molecule has 4 N–H and O–H groups in total. The number of carbonyl (C=O) groups excluding carboxylic acids is 1. The molecule has 122 valence electrons. The zero-order chi connectivity index (χ0) is 16.2. The van der Waals surface area contributed by atoms with E-state index in [9.17, 15) is 4.79 Å². The molecule has 1 aliphatic heterocycles. The van der Waals surface area contributed by atoms with Crippen molar-refractivity contribution in [3.05, 3.63) is 29.8 Å². The highest BCUT2D eigenvalue weighted by Gasteiger charge is 2.28. The van der Waals surface area contributed by atoms with E-state index < -0.39 is 5.60 Å². The van der Waals surface area contributed by atoms with Crippen LogP contribution in [-0.2, 0) is 4.74 Å². The Bertz CT molecular complexity index is 488. The topological polar surface area (TPSA) is 76.4 Å². The minimum atomic E-state index is -0.496. The van der Waals surface area contributed by atoms with Crippen molar-refractivity contribution < 1.29 is 9.53 Å². The lowest BCUT2D eigenvalue weighted by Crippen LogP contribution is -2.41. The van der Waals surface area contributed by atoms with E-state index in [0.717, 1.165) is 37.2 Å². The Morgan fingerprint density at radius 3 is 2.41 bits per heavy atom. The summed E-state index contributed by atoms with van der Waals surface area (Å²) in [4.78, 5) is 12.2. The molecule has 1 atom stereocenters. The number of alkyl carbamates (subject to hydrolysis) is 1. The van der Waals surface area contributed by atoms with E-state index in [4.69, 9.17) is 10.5 Å². The molecule has 0 bridgehead atoms. The largest absolute Gasteiger partial charge is 0.444 e. The first-order chi connectivity index (χ1) is 10.3. The van der Waals surface area contributed by atoms with Crippen LogP contribution in [0.3, 0.4) is 0 Å². The predicted octanol–water partition coefficient (Wildman–Crippen LogP) is 2.83. The fourth-order valence-electron chi connectivity index (χ4n) is 2.79. The Labute approximate surface area is 132 Å². The second kappa shape index (κ2) is 7.01. The number of carbonyl (C=O) groups is 1. The van der Waals surface area contributed by atoms with Crippen LogP contribution in [0.4, 0.5) is 10.5 Å². The number of ether oxygens (including phenoxy) is 1. The number of amides is 1. The Morgan fingerprint density at radius 1 is 1.27 bits per heavy atom. The number of piperidine rings is 1. The molecule has 0 aromatic heterocycles. The van der Waals surface area contributed by atoms with Crippen LogP contribution in [-0.4, -0.2) is 24.8 Å². The molecule has 5 nitrogen and oxygen atoms in total. The van der Waals surface area contributed by atoms with E-state index in [1.54, 1.807) is 0 Å². The molecule has 1 aromatic rings. The first kappa shape index (κ1) is 16.6. The quantitative estimate of drug-likeness (QED) is 0.751. The Balaban J connectivity index is 2.14. The maximum Gasteiger partial charge on any atom is 0.408 e. The van der Waals surface area contributed by atoms with Gasteiger partial charge in [0.1, 0.15) is 5.60 Å². The number of nitrogens with one attached hydrogen (secondary N) is 2. The summed E-state index contributed by atoms with van der Waals surface area (Å²) in [7, 11) is 0. The minimum Gasteiger partial charge on any atom is -0.444 e. The molecule has 1 aliphatic rings. The summed E-state index contributed by atoms with van der Waals surface area (Å²) in [6, 6.07) is 7.68. The summed E-state index contributed by atoms with van der Waals surface area (Å²) >= 11 is 0. The summed E-state index contributed by atoms with van der Waals surface area (Å²) < 4.78 is 5.41. The van der Waals surface area contributed by atoms with Gasteiger partial charge in [-0.05, 0) is 70.3 Å². The molecule has 1 saturated heterocycles. The number of rotatable bonds is 3. The highest BCUT2D eigenvalue weighted by molar-refractivity contribution is 5.68. The Hall–Kier alpha value is -1.75. The number of benzene rings is 1. The Morgan fingerprint density at radius 2 is 1.86 bits per heavy atom. The maximum atomic E-state index is 12.2. The highest BCUT2D eigenvalue weighted by atomic mass is 16.6. The fourth-order valence-corrected chi connectivity index (χ4v) is 2.79. The molecule has 22 heavy (non-hydrogen) atoms. The average Bonchev–Trinajstić information content (AvgIpc) is 2.45. The third-order valence-electron chi connectivity index (χ3n) is 3.82. The van der Waals surface area contributed by atoms with Crippen LogP contribution in [0.5, 0.6) is 0 Å². The first-order valence-electron chi connectivity index (χ1n) is 7.91. The Kier molecular flexibility index (Phi) is 5.29. The van der Waals surface area contributed by atoms with Crippen molar-refractivity contribution in [3.8, 4) is 0 Å². The van der Waals surface area contributed by atoms with Crippen LogP contribution in [0.2, 0.25) is 0 Å². The van der Waals surface area contributed by atoms with E-state index in [-0.39, 0.29) is 12.1 Å². The van der Waals surface area contributed by atoms with E-state index in [0.29, 0.717) is 5.92 Å². The van der Waals surface area contributed by atoms with Crippen LogP contribution in [0.25, 0.3) is 0 Å². The normalized spacial score (nSPS) is 17.8. The number of nitrogen functional groups attached to an aromatic ring is 1. The first-order valence-corrected chi connectivity index (χ1v) is 7.91. The van der Waals surface area contributed by atoms with Crippen molar-refractivity contribution in [1.82, 2.24) is 10.6 Å². The zero-order valence-electron chi connectivity index (χ0n) is 13.7. The summed E-state index contributed by atoms with van der Waals surface area (Å²) in [5.41, 5.74) is 7.07. The van der Waals surface area contributed by atoms with E-state index in [1.165, 1.54) is 0 Å². The van der Waals surface area contributed by atoms with Crippen LogP contribution >= 0.6 is 0 Å². The van der Waals surface area contributed by atoms with Gasteiger partial charge in [0.2, 0.25) is 0 Å². The lowest BCUT2D eigenvalue weighted by Gasteiger charge is -2.32. The molecule has 1 aromatic carbocycles. The summed E-state index contributed by atoms with van der Waals surface area (Å²) in [6.07, 6.45) is 1.70. The van der Waals surface area contributed by atoms with Gasteiger partial charge < -0.3 is 21.1 Å². The summed E-state index contributed by atoms with van der Waals surface area (Å²) in [5.74, 6) is 0.400. The van der Waals surface area contributed by atoms with Gasteiger partial charge in [0.05, 0.1) is 6.04 Å². The monoisotopic (exact) mass is 305 g/mol. The third kappa shape index (κ3) is 4.91. The average molecular weight is 305 g/mol. The van der Waals surface area contributed by atoms with Gasteiger partial charge in [0, 0.05) is 5.69 Å². The number of nitrogens with two attached hydrogens (primary N) is 1. The van der Waals surface area contributed by atoms with Crippen molar-refractivity contribution in [3.63, 3.8) is 0 Å². The van der Waals surface area contributed by atoms with Crippen molar-refractivity contribution in [2.75, 3.05) is 18.8 Å². The molecule has 1 amide bonds. The van der Waals surface area contributed by atoms with Crippen molar-refractivity contribution in [2.45, 2.75) is 45.3 Å². The van der Waals surface area contributed by atoms with E-state index in [2.05, 4.69) is 10.6 Å². The van der Waals surface area contributed by atoms with Gasteiger partial charge in [-0.1, -0.05) is 12.1 Å². The van der Waals surface area contributed by atoms with Gasteiger partial charge in [0.25, 0.3) is 0 Å². The number of anilines is 1. The van der Waals surface area contributed by atoms with E-state index >= 15 is 0 Å². The van der Waals surface area contributed by atoms with Gasteiger partial charge >= 0.3 is 6.09 Å². The maximum absolute atomic E-state index is 12.2. The summed E-state index contributed by atoms with van der Waals surface area (Å²) in [6.45, 7) is 7.57. The fraction of sp³-hybridized carbons (Fsp3) is 0.588. The molecule has 0 spiro atoms. The molecule has 0 aliphatic carbocycles.